The first-order chi connectivity index (χ1) is 13.9. The number of likely N-dealkylation sites (tertiary alicyclic amines) is 1. The summed E-state index contributed by atoms with van der Waals surface area (Å²) in [5.74, 6) is 0.479. The molecule has 1 aliphatic rings. The van der Waals surface area contributed by atoms with E-state index in [1.54, 1.807) is 0 Å². The van der Waals surface area contributed by atoms with Crippen molar-refractivity contribution in [2.45, 2.75) is 59.9 Å². The van der Waals surface area contributed by atoms with Gasteiger partial charge in [-0.3, -0.25) is 4.98 Å². The molecule has 2 heterocycles. The van der Waals surface area contributed by atoms with Crippen LogP contribution in [0.15, 0.2) is 24.3 Å². The smallest absolute Gasteiger partial charge is 0.321 e. The zero-order valence-corrected chi connectivity index (χ0v) is 20.7. The van der Waals surface area contributed by atoms with Crippen LogP contribution in [0.2, 0.25) is 0 Å². The lowest BCUT2D eigenvalue weighted by Crippen LogP contribution is -2.39. The molecule has 31 heavy (non-hydrogen) atoms. The van der Waals surface area contributed by atoms with Crippen LogP contribution in [-0.2, 0) is 13.0 Å². The van der Waals surface area contributed by atoms with Crippen LogP contribution in [0, 0.1) is 19.8 Å². The van der Waals surface area contributed by atoms with Gasteiger partial charge in [-0.15, -0.1) is 24.8 Å². The van der Waals surface area contributed by atoms with Gasteiger partial charge in [-0.2, -0.15) is 0 Å². The first kappa shape index (κ1) is 27.2. The summed E-state index contributed by atoms with van der Waals surface area (Å²) in [6, 6.07) is 8.38. The molecule has 172 valence electrons. The molecule has 0 spiro atoms. The van der Waals surface area contributed by atoms with Crippen LogP contribution in [0.4, 0.5) is 10.5 Å². The van der Waals surface area contributed by atoms with Crippen molar-refractivity contribution in [3.05, 3.63) is 46.8 Å². The summed E-state index contributed by atoms with van der Waals surface area (Å²) >= 11 is 0. The number of rotatable bonds is 5. The number of amides is 2. The Labute approximate surface area is 199 Å². The van der Waals surface area contributed by atoms with Gasteiger partial charge in [0, 0.05) is 30.9 Å². The van der Waals surface area contributed by atoms with Crippen LogP contribution < -0.4 is 11.1 Å². The van der Waals surface area contributed by atoms with Crippen molar-refractivity contribution < 1.29 is 4.79 Å². The molecular weight excluding hydrogens is 431 g/mol. The predicted molar refractivity (Wildman–Crippen MR) is 135 cm³/mol. The molecule has 1 saturated heterocycles. The summed E-state index contributed by atoms with van der Waals surface area (Å²) in [5.41, 5.74) is 13.2. The summed E-state index contributed by atoms with van der Waals surface area (Å²) in [5, 5.41) is 3.19. The van der Waals surface area contributed by atoms with Gasteiger partial charge in [-0.05, 0) is 56.6 Å². The van der Waals surface area contributed by atoms with Gasteiger partial charge in [0.15, 0.2) is 0 Å². The lowest BCUT2D eigenvalue weighted by molar-refractivity contribution is 0.200. The van der Waals surface area contributed by atoms with E-state index in [1.165, 1.54) is 12.0 Å². The quantitative estimate of drug-likeness (QED) is 0.577. The van der Waals surface area contributed by atoms with Gasteiger partial charge in [0.1, 0.15) is 0 Å². The topological polar surface area (TPSA) is 71.2 Å². The van der Waals surface area contributed by atoms with E-state index in [0.717, 1.165) is 66.1 Å². The zero-order chi connectivity index (χ0) is 21.0. The number of carbonyl (C=O) groups is 1. The molecule has 2 amide bonds. The molecule has 1 aromatic carbocycles. The molecule has 1 aromatic heterocycles. The maximum absolute atomic E-state index is 13.0. The molecule has 0 aliphatic carbocycles. The lowest BCUT2D eigenvalue weighted by Gasteiger charge is -2.28. The molecule has 7 heteroatoms. The number of nitrogens with one attached hydrogen (secondary N) is 1. The summed E-state index contributed by atoms with van der Waals surface area (Å²) in [6.07, 6.45) is 4.19. The van der Waals surface area contributed by atoms with Crippen LogP contribution in [0.3, 0.4) is 0 Å². The number of benzene rings is 1. The molecule has 3 N–H and O–H groups in total. The normalized spacial score (nSPS) is 13.4. The van der Waals surface area contributed by atoms with Gasteiger partial charge in [-0.25, -0.2) is 4.79 Å². The van der Waals surface area contributed by atoms with Gasteiger partial charge < -0.3 is 16.0 Å². The van der Waals surface area contributed by atoms with E-state index in [9.17, 15) is 4.79 Å². The molecule has 5 nitrogen and oxygen atoms in total. The van der Waals surface area contributed by atoms with Crippen molar-refractivity contribution in [1.82, 2.24) is 9.88 Å². The molecule has 1 aliphatic heterocycles. The van der Waals surface area contributed by atoms with E-state index in [0.29, 0.717) is 12.5 Å². The highest BCUT2D eigenvalue weighted by Crippen LogP contribution is 2.36. The van der Waals surface area contributed by atoms with E-state index in [4.69, 9.17) is 10.7 Å². The van der Waals surface area contributed by atoms with Crippen molar-refractivity contribution in [3.8, 4) is 11.1 Å². The van der Waals surface area contributed by atoms with Crippen molar-refractivity contribution >= 4 is 36.5 Å². The molecule has 0 saturated carbocycles. The third-order valence-corrected chi connectivity index (χ3v) is 5.59. The number of anilines is 1. The summed E-state index contributed by atoms with van der Waals surface area (Å²) in [4.78, 5) is 19.8. The van der Waals surface area contributed by atoms with Crippen molar-refractivity contribution in [3.63, 3.8) is 0 Å². The Morgan fingerprint density at radius 3 is 2.26 bits per heavy atom. The average molecular weight is 467 g/mol. The monoisotopic (exact) mass is 466 g/mol. The second-order valence-electron chi connectivity index (χ2n) is 8.52. The first-order valence-electron chi connectivity index (χ1n) is 10.8. The number of halogens is 2. The number of nitrogens with two attached hydrogens (primary N) is 1. The summed E-state index contributed by atoms with van der Waals surface area (Å²) in [6.45, 7) is 10.5. The van der Waals surface area contributed by atoms with Gasteiger partial charge in [0.25, 0.3) is 0 Å². The Bertz CT molecular complexity index is 863. The number of carbonyl (C=O) groups excluding carboxylic acids is 1. The van der Waals surface area contributed by atoms with E-state index in [-0.39, 0.29) is 30.8 Å². The van der Waals surface area contributed by atoms with E-state index < -0.39 is 0 Å². The molecule has 1 fully saturated rings. The first-order valence-corrected chi connectivity index (χ1v) is 10.8. The highest BCUT2D eigenvalue weighted by molar-refractivity contribution is 5.96. The second kappa shape index (κ2) is 12.3. The highest BCUT2D eigenvalue weighted by Gasteiger charge is 2.23. The Hall–Kier alpha value is -1.82. The maximum atomic E-state index is 13.0. The molecular formula is C24H36Cl2N4O. The zero-order valence-electron chi connectivity index (χ0n) is 19.0. The van der Waals surface area contributed by atoms with Crippen molar-refractivity contribution in [2.24, 2.45) is 11.7 Å². The molecule has 0 atom stereocenters. The van der Waals surface area contributed by atoms with Crippen LogP contribution in [-0.4, -0.2) is 29.0 Å². The third kappa shape index (κ3) is 6.58. The molecule has 0 bridgehead atoms. The molecule has 0 radical (unpaired) electrons. The Kier molecular flexibility index (Phi) is 10.8. The van der Waals surface area contributed by atoms with Gasteiger partial charge in [0.2, 0.25) is 0 Å². The minimum atomic E-state index is -0.0393. The third-order valence-electron chi connectivity index (χ3n) is 5.59. The Morgan fingerprint density at radius 1 is 1.10 bits per heavy atom. The fourth-order valence-corrected chi connectivity index (χ4v) is 4.05. The number of urea groups is 1. The van der Waals surface area contributed by atoms with Crippen LogP contribution in [0.1, 0.15) is 55.6 Å². The van der Waals surface area contributed by atoms with E-state index in [2.05, 4.69) is 50.4 Å². The number of aryl methyl sites for hydroxylation is 2. The van der Waals surface area contributed by atoms with Gasteiger partial charge in [0.05, 0.1) is 11.4 Å². The van der Waals surface area contributed by atoms with Crippen LogP contribution in [0.25, 0.3) is 11.1 Å². The predicted octanol–water partition coefficient (Wildman–Crippen LogP) is 5.88. The fraction of sp³-hybridized carbons (Fsp3) is 0.500. The fourth-order valence-electron chi connectivity index (χ4n) is 4.05. The Morgan fingerprint density at radius 2 is 1.71 bits per heavy atom. The van der Waals surface area contributed by atoms with Gasteiger partial charge in [-0.1, -0.05) is 43.7 Å². The summed E-state index contributed by atoms with van der Waals surface area (Å²) < 4.78 is 0. The van der Waals surface area contributed by atoms with E-state index >= 15 is 0 Å². The minimum absolute atomic E-state index is 0. The molecule has 2 aromatic rings. The second-order valence-corrected chi connectivity index (χ2v) is 8.52. The largest absolute Gasteiger partial charge is 0.326 e. The van der Waals surface area contributed by atoms with E-state index in [1.807, 2.05) is 11.8 Å². The lowest BCUT2D eigenvalue weighted by atomic mass is 9.92. The molecule has 3 rings (SSSR count). The number of hydrogen-bond acceptors (Lipinski definition) is 3. The Balaban J connectivity index is 0.00000240. The number of piperidine rings is 1. The number of pyridine rings is 1. The SMILES string of the molecule is Cc1ccc(-c2c(CN)c(CC(C)C)nc(C)c2NC(=O)N2CCCCC2)cc1.Cl.Cl. The van der Waals surface area contributed by atoms with Crippen LogP contribution >= 0.6 is 24.8 Å². The van der Waals surface area contributed by atoms with Crippen molar-refractivity contribution in [2.75, 3.05) is 18.4 Å². The maximum Gasteiger partial charge on any atom is 0.321 e. The van der Waals surface area contributed by atoms with Gasteiger partial charge >= 0.3 is 6.03 Å². The average Bonchev–Trinajstić information content (AvgIpc) is 2.70. The van der Waals surface area contributed by atoms with Crippen molar-refractivity contribution in [1.29, 1.82) is 0 Å². The number of nitrogens with zero attached hydrogens (tertiary/aromatic N) is 2. The number of hydrogen-bond donors (Lipinski definition) is 2. The summed E-state index contributed by atoms with van der Waals surface area (Å²) in [7, 11) is 0. The number of aromatic nitrogens is 1. The minimum Gasteiger partial charge on any atom is -0.326 e. The van der Waals surface area contributed by atoms with Crippen LogP contribution in [0.5, 0.6) is 0 Å². The molecule has 0 unspecified atom stereocenters. The standard InChI is InChI=1S/C24H34N4O.2ClH/c1-16(2)14-21-20(15-25)22(19-10-8-17(3)9-11-19)23(18(4)26-21)27-24(29)28-12-6-5-7-13-28;;/h8-11,16H,5-7,12-15,25H2,1-4H3,(H,27,29);2*1H. The highest BCUT2D eigenvalue weighted by atomic mass is 35.5.